The number of fused-ring (bicyclic) bond motifs is 5. The van der Waals surface area contributed by atoms with Crippen LogP contribution < -0.4 is 5.73 Å². The van der Waals surface area contributed by atoms with Gasteiger partial charge in [-0.3, -0.25) is 0 Å². The second kappa shape index (κ2) is 8.12. The summed E-state index contributed by atoms with van der Waals surface area (Å²) in [6.45, 7) is 12.5. The van der Waals surface area contributed by atoms with E-state index in [2.05, 4.69) is 34.6 Å². The highest BCUT2D eigenvalue weighted by Gasteiger charge is 2.61. The normalized spacial score (nSPS) is 50.7. The number of hydrogen-bond donors (Lipinski definition) is 2. The van der Waals surface area contributed by atoms with E-state index in [9.17, 15) is 5.11 Å². The fourth-order valence-electron chi connectivity index (χ4n) is 9.41. The van der Waals surface area contributed by atoms with Crippen molar-refractivity contribution in [3.05, 3.63) is 0 Å². The average Bonchev–Trinajstić information content (AvgIpc) is 3.00. The lowest BCUT2D eigenvalue weighted by molar-refractivity contribution is -0.136. The molecule has 0 saturated heterocycles. The largest absolute Gasteiger partial charge is 0.393 e. The molecular weight excluding hydrogens is 354 g/mol. The summed E-state index contributed by atoms with van der Waals surface area (Å²) in [6.07, 6.45) is 14.3. The zero-order valence-corrected chi connectivity index (χ0v) is 20.0. The molecule has 0 aromatic heterocycles. The molecule has 0 aliphatic heterocycles. The number of nitrogens with two attached hydrogens (primary N) is 1. The van der Waals surface area contributed by atoms with Crippen molar-refractivity contribution < 1.29 is 5.11 Å². The highest BCUT2D eigenvalue weighted by atomic mass is 16.3. The third kappa shape index (κ3) is 3.73. The fraction of sp³-hybridized carbons (Fsp3) is 1.00. The van der Waals surface area contributed by atoms with Crippen LogP contribution in [0.25, 0.3) is 0 Å². The summed E-state index contributed by atoms with van der Waals surface area (Å²) >= 11 is 0. The minimum Gasteiger partial charge on any atom is -0.393 e. The SMILES string of the molecule is CC(C)CCC[C@@H](C)[C@H]1CC[C@H]2[C@@H]3C[C@H](N)C4CC(O)CC[C@]4(C)[C@H]3CC[C@]12C. The van der Waals surface area contributed by atoms with Crippen LogP contribution in [0.5, 0.6) is 0 Å². The molecule has 0 amide bonds. The van der Waals surface area contributed by atoms with Crippen LogP contribution in [-0.2, 0) is 0 Å². The molecule has 10 atom stereocenters. The molecule has 3 N–H and O–H groups in total. The number of rotatable bonds is 5. The Bertz CT molecular complexity index is 575. The monoisotopic (exact) mass is 403 g/mol. The second-order valence-corrected chi connectivity index (χ2v) is 12.8. The van der Waals surface area contributed by atoms with Crippen molar-refractivity contribution in [3.8, 4) is 0 Å². The van der Waals surface area contributed by atoms with Crippen molar-refractivity contribution in [1.29, 1.82) is 0 Å². The summed E-state index contributed by atoms with van der Waals surface area (Å²) in [5.41, 5.74) is 7.78. The summed E-state index contributed by atoms with van der Waals surface area (Å²) in [5, 5.41) is 10.3. The Labute approximate surface area is 180 Å². The van der Waals surface area contributed by atoms with Crippen LogP contribution in [0.2, 0.25) is 0 Å². The average molecular weight is 404 g/mol. The molecule has 4 fully saturated rings. The Morgan fingerprint density at radius 1 is 0.862 bits per heavy atom. The van der Waals surface area contributed by atoms with Gasteiger partial charge in [0.05, 0.1) is 6.10 Å². The number of hydrogen-bond acceptors (Lipinski definition) is 2. The molecular formula is C27H49NO. The second-order valence-electron chi connectivity index (χ2n) is 12.8. The van der Waals surface area contributed by atoms with Gasteiger partial charge in [-0.1, -0.05) is 53.9 Å². The van der Waals surface area contributed by atoms with E-state index in [0.717, 1.165) is 48.3 Å². The summed E-state index contributed by atoms with van der Waals surface area (Å²) in [5.74, 6) is 5.79. The fourth-order valence-corrected chi connectivity index (χ4v) is 9.41. The summed E-state index contributed by atoms with van der Waals surface area (Å²) in [7, 11) is 0. The third-order valence-corrected chi connectivity index (χ3v) is 10.9. The van der Waals surface area contributed by atoms with E-state index in [1.807, 2.05) is 0 Å². The molecule has 2 heteroatoms. The maximum absolute atomic E-state index is 10.3. The van der Waals surface area contributed by atoms with Gasteiger partial charge in [-0.2, -0.15) is 0 Å². The van der Waals surface area contributed by atoms with Crippen LogP contribution >= 0.6 is 0 Å². The number of aliphatic hydroxyl groups is 1. The zero-order valence-electron chi connectivity index (χ0n) is 20.0. The van der Waals surface area contributed by atoms with Gasteiger partial charge in [0, 0.05) is 6.04 Å². The lowest BCUT2D eigenvalue weighted by Crippen LogP contribution is -2.60. The summed E-state index contributed by atoms with van der Waals surface area (Å²) in [4.78, 5) is 0. The van der Waals surface area contributed by atoms with Crippen molar-refractivity contribution >= 4 is 0 Å². The maximum atomic E-state index is 10.3. The van der Waals surface area contributed by atoms with Crippen molar-refractivity contribution in [2.45, 2.75) is 117 Å². The molecule has 4 aliphatic carbocycles. The van der Waals surface area contributed by atoms with Crippen molar-refractivity contribution in [2.75, 3.05) is 0 Å². The van der Waals surface area contributed by atoms with E-state index < -0.39 is 0 Å². The predicted molar refractivity (Wildman–Crippen MR) is 122 cm³/mol. The van der Waals surface area contributed by atoms with Crippen LogP contribution in [0.1, 0.15) is 105 Å². The minimum absolute atomic E-state index is 0.105. The Balaban J connectivity index is 1.50. The standard InChI is InChI=1S/C27H49NO/c1-17(2)7-6-8-18(3)21-9-10-22-20-16-25(28)24-15-19(29)11-13-27(24,5)23(20)12-14-26(21,22)4/h17-25,29H,6-16,28H2,1-5H3/t18-,19?,20+,21-,22+,23+,24?,25+,26-,27-/m1/s1. The Kier molecular flexibility index (Phi) is 6.19. The van der Waals surface area contributed by atoms with Gasteiger partial charge in [0.2, 0.25) is 0 Å². The maximum Gasteiger partial charge on any atom is 0.0543 e. The van der Waals surface area contributed by atoms with Crippen molar-refractivity contribution in [3.63, 3.8) is 0 Å². The third-order valence-electron chi connectivity index (χ3n) is 10.9. The quantitative estimate of drug-likeness (QED) is 0.557. The first kappa shape index (κ1) is 22.1. The molecule has 0 heterocycles. The van der Waals surface area contributed by atoms with Gasteiger partial charge in [0.1, 0.15) is 0 Å². The van der Waals surface area contributed by atoms with E-state index in [-0.39, 0.29) is 6.10 Å². The van der Waals surface area contributed by atoms with Crippen LogP contribution in [0, 0.1) is 52.3 Å². The van der Waals surface area contributed by atoms with Gasteiger partial charge in [-0.25, -0.2) is 0 Å². The van der Waals surface area contributed by atoms with Gasteiger partial charge < -0.3 is 10.8 Å². The Morgan fingerprint density at radius 2 is 1.55 bits per heavy atom. The van der Waals surface area contributed by atoms with Gasteiger partial charge in [-0.05, 0) is 104 Å². The van der Waals surface area contributed by atoms with E-state index in [4.69, 9.17) is 5.73 Å². The van der Waals surface area contributed by atoms with Gasteiger partial charge in [0.15, 0.2) is 0 Å². The highest BCUT2D eigenvalue weighted by molar-refractivity contribution is 5.12. The topological polar surface area (TPSA) is 46.2 Å². The van der Waals surface area contributed by atoms with Crippen molar-refractivity contribution in [1.82, 2.24) is 0 Å². The first-order chi connectivity index (χ1) is 13.7. The molecule has 0 radical (unpaired) electrons. The highest BCUT2D eigenvalue weighted by Crippen LogP contribution is 2.68. The first-order valence-electron chi connectivity index (χ1n) is 13.1. The molecule has 0 spiro atoms. The predicted octanol–water partition coefficient (Wildman–Crippen LogP) is 6.41. The van der Waals surface area contributed by atoms with Crippen LogP contribution in [0.4, 0.5) is 0 Å². The first-order valence-corrected chi connectivity index (χ1v) is 13.1. The van der Waals surface area contributed by atoms with Gasteiger partial charge in [0.25, 0.3) is 0 Å². The lowest BCUT2D eigenvalue weighted by atomic mass is 9.43. The molecule has 0 aromatic rings. The van der Waals surface area contributed by atoms with E-state index in [1.165, 1.54) is 57.8 Å². The molecule has 4 rings (SSSR count). The lowest BCUT2D eigenvalue weighted by Gasteiger charge is -2.62. The van der Waals surface area contributed by atoms with Crippen LogP contribution in [0.3, 0.4) is 0 Å². The Hall–Kier alpha value is -0.0800. The molecule has 2 unspecified atom stereocenters. The van der Waals surface area contributed by atoms with Crippen LogP contribution in [-0.4, -0.2) is 17.3 Å². The molecule has 0 aromatic carbocycles. The molecule has 4 aliphatic rings. The van der Waals surface area contributed by atoms with E-state index in [1.54, 1.807) is 0 Å². The molecule has 29 heavy (non-hydrogen) atoms. The van der Waals surface area contributed by atoms with Crippen molar-refractivity contribution in [2.24, 2.45) is 58.0 Å². The zero-order chi connectivity index (χ0) is 21.0. The molecule has 2 nitrogen and oxygen atoms in total. The van der Waals surface area contributed by atoms with Gasteiger partial charge in [-0.15, -0.1) is 0 Å². The Morgan fingerprint density at radius 3 is 2.28 bits per heavy atom. The smallest absolute Gasteiger partial charge is 0.0543 e. The molecule has 168 valence electrons. The molecule has 0 bridgehead atoms. The summed E-state index contributed by atoms with van der Waals surface area (Å²) < 4.78 is 0. The summed E-state index contributed by atoms with van der Waals surface area (Å²) in [6, 6.07) is 0.307. The van der Waals surface area contributed by atoms with Gasteiger partial charge >= 0.3 is 0 Å². The molecule has 4 saturated carbocycles. The van der Waals surface area contributed by atoms with Crippen LogP contribution in [0.15, 0.2) is 0 Å². The van der Waals surface area contributed by atoms with E-state index in [0.29, 0.717) is 22.8 Å². The van der Waals surface area contributed by atoms with E-state index >= 15 is 0 Å². The minimum atomic E-state index is -0.105. The number of aliphatic hydroxyl groups excluding tert-OH is 1.